The predicted molar refractivity (Wildman–Crippen MR) is 109 cm³/mol. The normalized spacial score (nSPS) is 15.2. The molecule has 0 spiro atoms. The second kappa shape index (κ2) is 7.53. The number of aliphatic hydroxyl groups is 1. The Hall–Kier alpha value is -3.26. The number of carbonyl (C=O) groups excluding carboxylic acids is 1. The van der Waals surface area contributed by atoms with Crippen LogP contribution < -0.4 is 5.32 Å². The average Bonchev–Trinajstić information content (AvgIpc) is 3.06. The van der Waals surface area contributed by atoms with Gasteiger partial charge in [-0.2, -0.15) is 0 Å². The van der Waals surface area contributed by atoms with Crippen molar-refractivity contribution in [3.05, 3.63) is 66.0 Å². The van der Waals surface area contributed by atoms with Gasteiger partial charge in [0.05, 0.1) is 12.1 Å². The van der Waals surface area contributed by atoms with Gasteiger partial charge in [0.1, 0.15) is 35.5 Å². The molecular formula is C22H22F2N4O2. The number of hydrogen-bond donors (Lipinski definition) is 2. The van der Waals surface area contributed by atoms with E-state index in [0.717, 1.165) is 0 Å². The number of aromatic nitrogens is 2. The first-order valence-electron chi connectivity index (χ1n) is 9.62. The number of nitrogens with zero attached hydrogens (tertiary/aromatic N) is 3. The highest BCUT2D eigenvalue weighted by molar-refractivity contribution is 5.83. The highest BCUT2D eigenvalue weighted by atomic mass is 19.1. The summed E-state index contributed by atoms with van der Waals surface area (Å²) in [5, 5.41) is 12.6. The summed E-state index contributed by atoms with van der Waals surface area (Å²) in [7, 11) is 0. The number of benzene rings is 2. The van der Waals surface area contributed by atoms with Crippen molar-refractivity contribution in [2.75, 3.05) is 18.5 Å². The maximum absolute atomic E-state index is 13.5. The number of β-amino-alcohol motifs (C(OH)–C–C–N with tert-alkyl or cyclic N) is 1. The Bertz CT molecular complexity index is 1080. The monoisotopic (exact) mass is 412 g/mol. The first kappa shape index (κ1) is 20.0. The Labute approximate surface area is 172 Å². The highest BCUT2D eigenvalue weighted by Gasteiger charge is 2.42. The minimum atomic E-state index is -0.768. The second-order valence-corrected chi connectivity index (χ2v) is 7.69. The van der Waals surface area contributed by atoms with Crippen LogP contribution in [-0.4, -0.2) is 38.6 Å². The lowest BCUT2D eigenvalue weighted by atomic mass is 9.99. The highest BCUT2D eigenvalue weighted by Crippen LogP contribution is 2.39. The molecule has 156 valence electrons. The van der Waals surface area contributed by atoms with Crippen LogP contribution >= 0.6 is 0 Å². The molecule has 2 N–H and O–H groups in total. The molecule has 0 saturated carbocycles. The van der Waals surface area contributed by atoms with E-state index in [-0.39, 0.29) is 37.2 Å². The van der Waals surface area contributed by atoms with Crippen LogP contribution in [0.5, 0.6) is 0 Å². The van der Waals surface area contributed by atoms with Crippen molar-refractivity contribution < 1.29 is 18.7 Å². The lowest BCUT2D eigenvalue weighted by Gasteiger charge is -2.42. The molecule has 8 heteroatoms. The molecule has 1 amide bonds. The number of fused-ring (bicyclic) bond motifs is 1. The molecule has 0 radical (unpaired) electrons. The molecule has 4 rings (SSSR count). The number of amides is 1. The fourth-order valence-corrected chi connectivity index (χ4v) is 3.84. The average molecular weight is 412 g/mol. The maximum atomic E-state index is 13.5. The van der Waals surface area contributed by atoms with Crippen LogP contribution in [0.3, 0.4) is 0 Å². The van der Waals surface area contributed by atoms with Gasteiger partial charge in [-0.3, -0.25) is 4.79 Å². The summed E-state index contributed by atoms with van der Waals surface area (Å²) in [6, 6.07) is 11.8. The Kier molecular flexibility index (Phi) is 5.03. The summed E-state index contributed by atoms with van der Waals surface area (Å²) in [6.45, 7) is 3.83. The van der Waals surface area contributed by atoms with E-state index in [1.807, 2.05) is 13.8 Å². The van der Waals surface area contributed by atoms with Gasteiger partial charge in [0.15, 0.2) is 0 Å². The van der Waals surface area contributed by atoms with E-state index in [0.29, 0.717) is 28.6 Å². The quantitative estimate of drug-likeness (QED) is 0.671. The topological polar surface area (TPSA) is 70.4 Å². The van der Waals surface area contributed by atoms with Crippen molar-refractivity contribution in [2.45, 2.75) is 25.9 Å². The van der Waals surface area contributed by atoms with Gasteiger partial charge in [0, 0.05) is 17.8 Å². The van der Waals surface area contributed by atoms with Crippen LogP contribution in [0.1, 0.15) is 19.7 Å². The van der Waals surface area contributed by atoms with E-state index in [1.165, 1.54) is 24.3 Å². The van der Waals surface area contributed by atoms with E-state index in [4.69, 9.17) is 4.98 Å². The van der Waals surface area contributed by atoms with Crippen molar-refractivity contribution >= 4 is 17.4 Å². The van der Waals surface area contributed by atoms with Gasteiger partial charge in [0.25, 0.3) is 0 Å². The third-order valence-corrected chi connectivity index (χ3v) is 5.33. The molecule has 3 aromatic rings. The maximum Gasteiger partial charge on any atom is 0.243 e. The first-order chi connectivity index (χ1) is 14.3. The molecule has 1 aromatic heterocycles. The smallest absolute Gasteiger partial charge is 0.243 e. The number of hydrogen-bond acceptors (Lipinski definition) is 4. The summed E-state index contributed by atoms with van der Waals surface area (Å²) in [6.07, 6.45) is 0. The van der Waals surface area contributed by atoms with Gasteiger partial charge in [-0.05, 0) is 62.4 Å². The van der Waals surface area contributed by atoms with Crippen molar-refractivity contribution in [3.8, 4) is 11.3 Å². The summed E-state index contributed by atoms with van der Waals surface area (Å²) in [4.78, 5) is 19.3. The second-order valence-electron chi connectivity index (χ2n) is 7.69. The Morgan fingerprint density at radius 1 is 1.07 bits per heavy atom. The molecule has 0 aliphatic carbocycles. The fourth-order valence-electron chi connectivity index (χ4n) is 3.84. The molecule has 0 fully saturated rings. The third-order valence-electron chi connectivity index (χ3n) is 5.33. The number of nitrogens with one attached hydrogen (secondary N) is 1. The van der Waals surface area contributed by atoms with Crippen molar-refractivity contribution in [1.29, 1.82) is 0 Å². The van der Waals surface area contributed by atoms with Gasteiger partial charge in [-0.1, -0.05) is 0 Å². The first-order valence-corrected chi connectivity index (χ1v) is 9.62. The van der Waals surface area contributed by atoms with Gasteiger partial charge in [-0.15, -0.1) is 0 Å². The standard InChI is InChI=1S/C22H22F2N4O2/c1-22(2)21-26-19(14-3-5-15(23)6-4-14)20(25-17-9-7-16(24)8-10-17)27(21)13-18(30)28(22)11-12-29/h3-10,25,29H,11-13H2,1-2H3. The molecule has 0 saturated heterocycles. The number of imidazole rings is 1. The van der Waals surface area contributed by atoms with E-state index in [2.05, 4.69) is 5.32 Å². The largest absolute Gasteiger partial charge is 0.395 e. The van der Waals surface area contributed by atoms with Crippen molar-refractivity contribution in [1.82, 2.24) is 14.5 Å². The molecule has 2 heterocycles. The number of halogens is 2. The van der Waals surface area contributed by atoms with Crippen molar-refractivity contribution in [3.63, 3.8) is 0 Å². The summed E-state index contributed by atoms with van der Waals surface area (Å²) in [5.41, 5.74) is 1.10. The summed E-state index contributed by atoms with van der Waals surface area (Å²) >= 11 is 0. The molecule has 2 aromatic carbocycles. The molecule has 6 nitrogen and oxygen atoms in total. The molecule has 1 aliphatic rings. The van der Waals surface area contributed by atoms with Crippen molar-refractivity contribution in [2.24, 2.45) is 0 Å². The van der Waals surface area contributed by atoms with Gasteiger partial charge in [-0.25, -0.2) is 13.8 Å². The SMILES string of the molecule is CC1(C)c2nc(-c3ccc(F)cc3)c(Nc3ccc(F)cc3)n2CC(=O)N1CCO. The minimum absolute atomic E-state index is 0.0382. The lowest BCUT2D eigenvalue weighted by Crippen LogP contribution is -2.53. The van der Waals surface area contributed by atoms with E-state index in [9.17, 15) is 18.7 Å². The van der Waals surface area contributed by atoms with E-state index < -0.39 is 5.54 Å². The van der Waals surface area contributed by atoms with Crippen LogP contribution in [-0.2, 0) is 16.9 Å². The molecular weight excluding hydrogens is 390 g/mol. The Morgan fingerprint density at radius 2 is 1.67 bits per heavy atom. The third kappa shape index (κ3) is 3.43. The predicted octanol–water partition coefficient (Wildman–Crippen LogP) is 3.64. The number of rotatable bonds is 5. The van der Waals surface area contributed by atoms with Gasteiger partial charge >= 0.3 is 0 Å². The molecule has 1 aliphatic heterocycles. The summed E-state index contributed by atoms with van der Waals surface area (Å²) < 4.78 is 28.6. The van der Waals surface area contributed by atoms with Crippen LogP contribution in [0.15, 0.2) is 48.5 Å². The lowest BCUT2D eigenvalue weighted by molar-refractivity contribution is -0.141. The zero-order valence-electron chi connectivity index (χ0n) is 16.7. The zero-order valence-corrected chi connectivity index (χ0v) is 16.7. The summed E-state index contributed by atoms with van der Waals surface area (Å²) in [5.74, 6) is 0.338. The number of aliphatic hydroxyl groups excluding tert-OH is 1. The number of anilines is 2. The van der Waals surface area contributed by atoms with E-state index in [1.54, 1.807) is 33.7 Å². The number of carbonyl (C=O) groups is 1. The van der Waals surface area contributed by atoms with Crippen LogP contribution in [0.2, 0.25) is 0 Å². The van der Waals surface area contributed by atoms with Gasteiger partial charge in [0.2, 0.25) is 5.91 Å². The molecule has 0 unspecified atom stereocenters. The molecule has 30 heavy (non-hydrogen) atoms. The van der Waals surface area contributed by atoms with Crippen LogP contribution in [0.25, 0.3) is 11.3 Å². The minimum Gasteiger partial charge on any atom is -0.395 e. The molecule has 0 bridgehead atoms. The van der Waals surface area contributed by atoms with Crippen LogP contribution in [0.4, 0.5) is 20.3 Å². The Balaban J connectivity index is 1.88. The van der Waals surface area contributed by atoms with Crippen LogP contribution in [0, 0.1) is 11.6 Å². The molecule has 0 atom stereocenters. The Morgan fingerprint density at radius 3 is 2.27 bits per heavy atom. The van der Waals surface area contributed by atoms with Gasteiger partial charge < -0.3 is 19.9 Å². The fraction of sp³-hybridized carbons (Fsp3) is 0.273. The zero-order chi connectivity index (χ0) is 21.5. The van der Waals surface area contributed by atoms with E-state index >= 15 is 0 Å².